The number of nitrogens with zero attached hydrogens (tertiary/aromatic N) is 1. The summed E-state index contributed by atoms with van der Waals surface area (Å²) in [6, 6.07) is 12.8. The van der Waals surface area contributed by atoms with E-state index in [0.717, 1.165) is 0 Å². The number of pyridine rings is 1. The lowest BCUT2D eigenvalue weighted by Crippen LogP contribution is -2.31. The molecule has 0 saturated carbocycles. The first-order valence-corrected chi connectivity index (χ1v) is 7.61. The molecule has 0 fully saturated rings. The van der Waals surface area contributed by atoms with Crippen LogP contribution in [0.5, 0.6) is 0 Å². The zero-order chi connectivity index (χ0) is 14.3. The summed E-state index contributed by atoms with van der Waals surface area (Å²) in [4.78, 5) is 1.26. The number of rotatable bonds is 2. The number of aromatic nitrogens is 1. The molecule has 0 spiro atoms. The zero-order valence-electron chi connectivity index (χ0n) is 12.1. The van der Waals surface area contributed by atoms with Gasteiger partial charge in [0.1, 0.15) is 11.9 Å². The lowest BCUT2D eigenvalue weighted by Gasteiger charge is -2.19. The van der Waals surface area contributed by atoms with Crippen molar-refractivity contribution in [1.29, 1.82) is 0 Å². The van der Waals surface area contributed by atoms with Crippen molar-refractivity contribution in [2.45, 2.75) is 19.2 Å². The van der Waals surface area contributed by atoms with E-state index >= 15 is 0 Å². The number of benzene rings is 1. The molecule has 2 heterocycles. The summed E-state index contributed by atoms with van der Waals surface area (Å²) in [5.74, 6) is 0. The minimum atomic E-state index is -0.334. The maximum absolute atomic E-state index is 6.33. The van der Waals surface area contributed by atoms with E-state index in [2.05, 4.69) is 73.4 Å². The van der Waals surface area contributed by atoms with Gasteiger partial charge in [-0.3, -0.25) is 0 Å². The zero-order valence-corrected chi connectivity index (χ0v) is 12.9. The molecule has 98 valence electrons. The average molecular weight is 278 g/mol. The lowest BCUT2D eigenvalue weighted by atomic mass is 9.67. The number of hydrogen-bond donors (Lipinski definition) is 0. The Morgan fingerprint density at radius 1 is 1.10 bits per heavy atom. The normalized spacial score (nSPS) is 11.9. The fourth-order valence-electron chi connectivity index (χ4n) is 2.60. The van der Waals surface area contributed by atoms with Gasteiger partial charge < -0.3 is 0 Å². The Balaban J connectivity index is 2.36. The summed E-state index contributed by atoms with van der Waals surface area (Å²) in [5.41, 5.74) is 2.45. The standard InChI is InChI=1S/C17H17BNS/c1-17(2,18)14-9-11-20-16(14)15-13-7-5-4-6-12(13)8-10-19(15)3/h4-11H,1-3H3/q+1. The maximum Gasteiger partial charge on any atom is 0.230 e. The van der Waals surface area contributed by atoms with Crippen LogP contribution in [-0.4, -0.2) is 7.85 Å². The smallest absolute Gasteiger partial charge is 0.200 e. The molecule has 0 amide bonds. The molecule has 0 bridgehead atoms. The highest BCUT2D eigenvalue weighted by molar-refractivity contribution is 7.13. The fraction of sp³-hybridized carbons (Fsp3) is 0.235. The van der Waals surface area contributed by atoms with Crippen molar-refractivity contribution in [2.24, 2.45) is 7.05 Å². The van der Waals surface area contributed by atoms with Crippen molar-refractivity contribution in [3.05, 3.63) is 53.5 Å². The van der Waals surface area contributed by atoms with Crippen LogP contribution in [-0.2, 0) is 12.4 Å². The third kappa shape index (κ3) is 2.16. The minimum absolute atomic E-state index is 0.334. The molecule has 3 rings (SSSR count). The van der Waals surface area contributed by atoms with Crippen molar-refractivity contribution in [2.75, 3.05) is 0 Å². The predicted octanol–water partition coefficient (Wildman–Crippen LogP) is 3.80. The van der Waals surface area contributed by atoms with Gasteiger partial charge in [-0.25, -0.2) is 0 Å². The van der Waals surface area contributed by atoms with Crippen LogP contribution in [0.3, 0.4) is 0 Å². The van der Waals surface area contributed by atoms with Gasteiger partial charge in [0.2, 0.25) is 5.69 Å². The van der Waals surface area contributed by atoms with Crippen LogP contribution in [0.2, 0.25) is 0 Å². The molecule has 3 aromatic rings. The monoisotopic (exact) mass is 278 g/mol. The van der Waals surface area contributed by atoms with Gasteiger partial charge in [0.15, 0.2) is 6.20 Å². The van der Waals surface area contributed by atoms with Gasteiger partial charge in [-0.05, 0) is 33.8 Å². The molecule has 1 aromatic carbocycles. The van der Waals surface area contributed by atoms with E-state index in [9.17, 15) is 0 Å². The molecule has 3 heteroatoms. The molecule has 0 aliphatic rings. The summed E-state index contributed by atoms with van der Waals surface area (Å²) >= 11 is 1.76. The molecule has 2 aromatic heterocycles. The van der Waals surface area contributed by atoms with Gasteiger partial charge in [0, 0.05) is 6.07 Å². The summed E-state index contributed by atoms with van der Waals surface area (Å²) in [6.45, 7) is 4.12. The summed E-state index contributed by atoms with van der Waals surface area (Å²) in [6.07, 6.45) is 2.12. The van der Waals surface area contributed by atoms with Gasteiger partial charge in [0.25, 0.3) is 0 Å². The van der Waals surface area contributed by atoms with E-state index in [1.54, 1.807) is 11.3 Å². The quantitative estimate of drug-likeness (QED) is 0.496. The van der Waals surface area contributed by atoms with Gasteiger partial charge >= 0.3 is 0 Å². The number of hydrogen-bond acceptors (Lipinski definition) is 1. The van der Waals surface area contributed by atoms with Gasteiger partial charge in [0.05, 0.1) is 13.2 Å². The molecule has 2 radical (unpaired) electrons. The Hall–Kier alpha value is -1.61. The molecule has 0 N–H and O–H groups in total. The largest absolute Gasteiger partial charge is 0.230 e. The van der Waals surface area contributed by atoms with Crippen LogP contribution in [0.25, 0.3) is 21.3 Å². The number of fused-ring (bicyclic) bond motifs is 1. The first-order chi connectivity index (χ1) is 9.48. The summed E-state index contributed by atoms with van der Waals surface area (Å²) < 4.78 is 2.18. The maximum atomic E-state index is 6.33. The Kier molecular flexibility index (Phi) is 3.17. The molecular weight excluding hydrogens is 261 g/mol. The Morgan fingerprint density at radius 2 is 1.85 bits per heavy atom. The first-order valence-electron chi connectivity index (χ1n) is 6.73. The van der Waals surface area contributed by atoms with Crippen LogP contribution in [0.1, 0.15) is 19.4 Å². The second kappa shape index (κ2) is 4.74. The van der Waals surface area contributed by atoms with E-state index in [4.69, 9.17) is 7.85 Å². The molecule has 1 nitrogen and oxygen atoms in total. The SMILES string of the molecule is [B]C(C)(C)c1ccsc1-c1c2ccccc2cc[n+]1C. The molecule has 0 atom stereocenters. The van der Waals surface area contributed by atoms with E-state index in [1.165, 1.54) is 26.9 Å². The highest BCUT2D eigenvalue weighted by atomic mass is 32.1. The van der Waals surface area contributed by atoms with E-state index in [-0.39, 0.29) is 5.31 Å². The third-order valence-corrected chi connectivity index (χ3v) is 4.54. The molecule has 0 aliphatic carbocycles. The van der Waals surface area contributed by atoms with Crippen molar-refractivity contribution < 1.29 is 4.57 Å². The van der Waals surface area contributed by atoms with Crippen molar-refractivity contribution in [3.8, 4) is 10.6 Å². The molecule has 20 heavy (non-hydrogen) atoms. The molecular formula is C17H17BNS+. The van der Waals surface area contributed by atoms with Crippen molar-refractivity contribution in [3.63, 3.8) is 0 Å². The average Bonchev–Trinajstić information content (AvgIpc) is 2.87. The Morgan fingerprint density at radius 3 is 2.60 bits per heavy atom. The topological polar surface area (TPSA) is 3.88 Å². The predicted molar refractivity (Wildman–Crippen MR) is 87.2 cm³/mol. The number of aryl methyl sites for hydroxylation is 1. The van der Waals surface area contributed by atoms with Crippen molar-refractivity contribution in [1.82, 2.24) is 0 Å². The summed E-state index contributed by atoms with van der Waals surface area (Å²) in [7, 11) is 8.42. The van der Waals surface area contributed by atoms with E-state index < -0.39 is 0 Å². The van der Waals surface area contributed by atoms with E-state index in [0.29, 0.717) is 0 Å². The van der Waals surface area contributed by atoms with Crippen LogP contribution >= 0.6 is 11.3 Å². The lowest BCUT2D eigenvalue weighted by molar-refractivity contribution is -0.659. The van der Waals surface area contributed by atoms with Crippen LogP contribution in [0, 0.1) is 0 Å². The fourth-order valence-corrected chi connectivity index (χ4v) is 3.76. The Bertz CT molecular complexity index is 768. The second-order valence-corrected chi connectivity index (χ2v) is 6.66. The van der Waals surface area contributed by atoms with E-state index in [1.807, 2.05) is 0 Å². The molecule has 0 unspecified atom stereocenters. The van der Waals surface area contributed by atoms with Gasteiger partial charge in [-0.15, -0.1) is 11.3 Å². The van der Waals surface area contributed by atoms with Gasteiger partial charge in [-0.2, -0.15) is 4.57 Å². The molecule has 0 saturated heterocycles. The van der Waals surface area contributed by atoms with Crippen molar-refractivity contribution >= 4 is 30.0 Å². The van der Waals surface area contributed by atoms with Crippen LogP contribution in [0.15, 0.2) is 48.0 Å². The summed E-state index contributed by atoms with van der Waals surface area (Å²) in [5, 5.41) is 4.32. The first kappa shape index (κ1) is 13.4. The highest BCUT2D eigenvalue weighted by Gasteiger charge is 2.25. The molecule has 0 aliphatic heterocycles. The van der Waals surface area contributed by atoms with Crippen LogP contribution < -0.4 is 4.57 Å². The number of thiophene rings is 1. The second-order valence-electron chi connectivity index (χ2n) is 5.75. The van der Waals surface area contributed by atoms with Crippen LogP contribution in [0.4, 0.5) is 0 Å². The highest BCUT2D eigenvalue weighted by Crippen LogP contribution is 2.37. The van der Waals surface area contributed by atoms with Gasteiger partial charge in [-0.1, -0.05) is 32.0 Å². The third-order valence-electron chi connectivity index (χ3n) is 3.62. The minimum Gasteiger partial charge on any atom is -0.200 e. The Labute approximate surface area is 125 Å².